The Morgan fingerprint density at radius 3 is 2.06 bits per heavy atom. The van der Waals surface area contributed by atoms with E-state index in [0.29, 0.717) is 0 Å². The zero-order valence-corrected chi connectivity index (χ0v) is 27.3. The predicted octanol–water partition coefficient (Wildman–Crippen LogP) is 13.9. The van der Waals surface area contributed by atoms with Crippen molar-refractivity contribution in [1.29, 1.82) is 0 Å². The van der Waals surface area contributed by atoms with E-state index >= 15 is 0 Å². The zero-order valence-electron chi connectivity index (χ0n) is 26.5. The average Bonchev–Trinajstić information content (AvgIpc) is 3.73. The van der Waals surface area contributed by atoms with Crippen molar-refractivity contribution >= 4 is 81.3 Å². The number of nitrogens with zero attached hydrogens (tertiary/aromatic N) is 1. The Morgan fingerprint density at radius 1 is 0.408 bits per heavy atom. The fraction of sp³-hybridized carbons (Fsp3) is 0. The molecule has 0 aliphatic carbocycles. The van der Waals surface area contributed by atoms with Crippen LogP contribution in [0.5, 0.6) is 0 Å². The van der Waals surface area contributed by atoms with Crippen LogP contribution in [0.3, 0.4) is 0 Å². The van der Waals surface area contributed by atoms with Crippen molar-refractivity contribution in [3.63, 3.8) is 0 Å². The van der Waals surface area contributed by atoms with Gasteiger partial charge in [0.25, 0.3) is 0 Å². The fourth-order valence-electron chi connectivity index (χ4n) is 7.33. The molecule has 0 amide bonds. The lowest BCUT2D eigenvalue weighted by Gasteiger charge is -2.28. The predicted molar refractivity (Wildman–Crippen MR) is 210 cm³/mol. The summed E-state index contributed by atoms with van der Waals surface area (Å²) in [6, 6.07) is 63.3. The molecule has 3 heteroatoms. The Bertz CT molecular complexity index is 2860. The molecule has 2 heterocycles. The topological polar surface area (TPSA) is 16.4 Å². The Labute approximate surface area is 287 Å². The lowest BCUT2D eigenvalue weighted by Crippen LogP contribution is -2.11. The second-order valence-corrected chi connectivity index (χ2v) is 13.6. The summed E-state index contributed by atoms with van der Waals surface area (Å²) in [7, 11) is 0. The van der Waals surface area contributed by atoms with Gasteiger partial charge in [0, 0.05) is 59.5 Å². The summed E-state index contributed by atoms with van der Waals surface area (Å²) in [5, 5.41) is 7.32. The molecule has 0 N–H and O–H groups in total. The number of thiophene rings is 1. The summed E-state index contributed by atoms with van der Waals surface area (Å²) in [6.45, 7) is 0. The number of benzene rings is 8. The SMILES string of the molecule is c1cc(-c2ccc3ccccc3c2)cc(N(c2ccc3c(c2)oc2ccccc23)c2ccccc2-c2cccc3c2sc2ccccc23)c1. The van der Waals surface area contributed by atoms with Crippen LogP contribution in [0.25, 0.3) is 75.1 Å². The van der Waals surface area contributed by atoms with E-state index in [1.165, 1.54) is 53.2 Å². The highest BCUT2D eigenvalue weighted by atomic mass is 32.1. The van der Waals surface area contributed by atoms with Gasteiger partial charge >= 0.3 is 0 Å². The van der Waals surface area contributed by atoms with E-state index in [9.17, 15) is 0 Å². The van der Waals surface area contributed by atoms with Crippen molar-refractivity contribution in [3.05, 3.63) is 176 Å². The molecule has 0 radical (unpaired) electrons. The third-order valence-electron chi connectivity index (χ3n) is 9.65. The number of rotatable bonds is 5. The number of furan rings is 1. The molecule has 0 atom stereocenters. The van der Waals surface area contributed by atoms with E-state index in [2.05, 4.69) is 169 Å². The molecule has 0 aliphatic heterocycles. The van der Waals surface area contributed by atoms with Gasteiger partial charge in [-0.15, -0.1) is 11.3 Å². The summed E-state index contributed by atoms with van der Waals surface area (Å²) in [6.07, 6.45) is 0. The Hall–Kier alpha value is -6.16. The van der Waals surface area contributed by atoms with Crippen molar-refractivity contribution < 1.29 is 4.42 Å². The van der Waals surface area contributed by atoms with Crippen LogP contribution in [0, 0.1) is 0 Å². The van der Waals surface area contributed by atoms with Gasteiger partial charge in [-0.3, -0.25) is 0 Å². The number of fused-ring (bicyclic) bond motifs is 7. The molecule has 2 nitrogen and oxygen atoms in total. The maximum absolute atomic E-state index is 6.43. The minimum absolute atomic E-state index is 0.874. The summed E-state index contributed by atoms with van der Waals surface area (Å²) < 4.78 is 9.03. The van der Waals surface area contributed by atoms with Gasteiger partial charge in [0.15, 0.2) is 0 Å². The summed E-state index contributed by atoms with van der Waals surface area (Å²) in [5.41, 5.74) is 9.78. The maximum Gasteiger partial charge on any atom is 0.137 e. The van der Waals surface area contributed by atoms with Crippen molar-refractivity contribution in [1.82, 2.24) is 0 Å². The number of hydrogen-bond acceptors (Lipinski definition) is 3. The lowest BCUT2D eigenvalue weighted by atomic mass is 9.98. The van der Waals surface area contributed by atoms with Crippen LogP contribution >= 0.6 is 11.3 Å². The molecule has 0 fully saturated rings. The van der Waals surface area contributed by atoms with Crippen LogP contribution in [0.1, 0.15) is 0 Å². The maximum atomic E-state index is 6.43. The summed E-state index contributed by atoms with van der Waals surface area (Å²) in [5.74, 6) is 0. The Kier molecular flexibility index (Phi) is 6.39. The Morgan fingerprint density at radius 2 is 1.10 bits per heavy atom. The van der Waals surface area contributed by atoms with Crippen LogP contribution < -0.4 is 4.90 Å². The van der Waals surface area contributed by atoms with Gasteiger partial charge in [0.1, 0.15) is 11.2 Å². The molecule has 0 bridgehead atoms. The second-order valence-electron chi connectivity index (χ2n) is 12.5. The van der Waals surface area contributed by atoms with Gasteiger partial charge in [-0.25, -0.2) is 0 Å². The first-order valence-electron chi connectivity index (χ1n) is 16.6. The zero-order chi connectivity index (χ0) is 32.3. The highest BCUT2D eigenvalue weighted by molar-refractivity contribution is 7.26. The quantitative estimate of drug-likeness (QED) is 0.186. The van der Waals surface area contributed by atoms with Gasteiger partial charge in [0.05, 0.1) is 5.69 Å². The van der Waals surface area contributed by atoms with Crippen LogP contribution in [0.4, 0.5) is 17.1 Å². The highest BCUT2D eigenvalue weighted by Gasteiger charge is 2.21. The molecule has 2 aromatic heterocycles. The van der Waals surface area contributed by atoms with E-state index in [4.69, 9.17) is 4.42 Å². The fourth-order valence-corrected chi connectivity index (χ4v) is 8.56. The summed E-state index contributed by atoms with van der Waals surface area (Å²) >= 11 is 1.87. The first-order valence-corrected chi connectivity index (χ1v) is 17.4. The molecule has 230 valence electrons. The van der Waals surface area contributed by atoms with Crippen molar-refractivity contribution in [2.24, 2.45) is 0 Å². The largest absolute Gasteiger partial charge is 0.456 e. The molecule has 10 aromatic rings. The summed E-state index contributed by atoms with van der Waals surface area (Å²) in [4.78, 5) is 2.39. The molecule has 0 saturated carbocycles. The monoisotopic (exact) mass is 643 g/mol. The van der Waals surface area contributed by atoms with E-state index < -0.39 is 0 Å². The molecule has 0 saturated heterocycles. The van der Waals surface area contributed by atoms with Crippen LogP contribution in [0.2, 0.25) is 0 Å². The second kappa shape index (κ2) is 11.2. The third kappa shape index (κ3) is 4.62. The van der Waals surface area contributed by atoms with E-state index in [1.54, 1.807) is 0 Å². The van der Waals surface area contributed by atoms with Crippen LogP contribution in [-0.4, -0.2) is 0 Å². The van der Waals surface area contributed by atoms with Gasteiger partial charge in [-0.2, -0.15) is 0 Å². The average molecular weight is 644 g/mol. The van der Waals surface area contributed by atoms with Crippen molar-refractivity contribution in [2.75, 3.05) is 4.90 Å². The van der Waals surface area contributed by atoms with E-state index in [1.807, 2.05) is 23.5 Å². The normalized spacial score (nSPS) is 11.7. The molecule has 10 rings (SSSR count). The van der Waals surface area contributed by atoms with E-state index in [0.717, 1.165) is 39.0 Å². The molecule has 0 spiro atoms. The van der Waals surface area contributed by atoms with Gasteiger partial charge < -0.3 is 9.32 Å². The van der Waals surface area contributed by atoms with Crippen molar-refractivity contribution in [3.8, 4) is 22.3 Å². The van der Waals surface area contributed by atoms with Gasteiger partial charge in [-0.05, 0) is 70.4 Å². The number of anilines is 3. The smallest absolute Gasteiger partial charge is 0.137 e. The minimum atomic E-state index is 0.874. The standard InChI is InChI=1S/C46H29NOS/c1-2-12-31-27-33(24-23-30(31)11-1)32-13-9-14-34(28-32)47(35-25-26-38-37-16-4-7-21-43(37)48-44(38)29-35)42-20-6-3-15-36(42)40-18-10-19-41-39-17-5-8-22-45(39)49-46(40)41/h1-29H. The van der Waals surface area contributed by atoms with Gasteiger partial charge in [-0.1, -0.05) is 121 Å². The molecular weight excluding hydrogens is 615 g/mol. The first-order chi connectivity index (χ1) is 24.3. The first kappa shape index (κ1) is 27.9. The Balaban J connectivity index is 1.20. The van der Waals surface area contributed by atoms with Crippen LogP contribution in [-0.2, 0) is 0 Å². The lowest BCUT2D eigenvalue weighted by molar-refractivity contribution is 0.669. The molecule has 8 aromatic carbocycles. The molecular formula is C46H29NOS. The highest BCUT2D eigenvalue weighted by Crippen LogP contribution is 2.47. The number of para-hydroxylation sites is 2. The number of hydrogen-bond donors (Lipinski definition) is 0. The van der Waals surface area contributed by atoms with Crippen LogP contribution in [0.15, 0.2) is 180 Å². The third-order valence-corrected chi connectivity index (χ3v) is 10.9. The minimum Gasteiger partial charge on any atom is -0.456 e. The molecule has 0 aliphatic rings. The van der Waals surface area contributed by atoms with Gasteiger partial charge in [0.2, 0.25) is 0 Å². The molecule has 0 unspecified atom stereocenters. The molecule has 49 heavy (non-hydrogen) atoms. The van der Waals surface area contributed by atoms with Crippen molar-refractivity contribution in [2.45, 2.75) is 0 Å². The van der Waals surface area contributed by atoms with E-state index in [-0.39, 0.29) is 0 Å².